The van der Waals surface area contributed by atoms with Crippen LogP contribution in [0.15, 0.2) is 42.6 Å². The van der Waals surface area contributed by atoms with Gasteiger partial charge in [0.15, 0.2) is 0 Å². The molecule has 1 fully saturated rings. The van der Waals surface area contributed by atoms with Gasteiger partial charge >= 0.3 is 6.18 Å². The van der Waals surface area contributed by atoms with Gasteiger partial charge in [0.2, 0.25) is 0 Å². The number of nitrogens with zero attached hydrogens (tertiary/aromatic N) is 4. The fourth-order valence-corrected chi connectivity index (χ4v) is 4.67. The number of hydrogen-bond donors (Lipinski definition) is 0. The normalized spacial score (nSPS) is 14.7. The topological polar surface area (TPSA) is 58.6 Å². The Morgan fingerprint density at radius 1 is 1.06 bits per heavy atom. The van der Waals surface area contributed by atoms with Crippen molar-refractivity contribution >= 4 is 23.1 Å². The minimum absolute atomic E-state index is 0.0844. The zero-order valence-corrected chi connectivity index (χ0v) is 19.7. The van der Waals surface area contributed by atoms with E-state index in [9.17, 15) is 18.0 Å². The van der Waals surface area contributed by atoms with Crippen LogP contribution in [-0.2, 0) is 12.8 Å². The summed E-state index contributed by atoms with van der Waals surface area (Å²) in [5.41, 5.74) is 1.05. The quantitative estimate of drug-likeness (QED) is 0.498. The molecule has 4 rings (SSSR count). The number of carbonyl (C=O) groups excluding carboxylic acids is 1. The van der Waals surface area contributed by atoms with Crippen molar-refractivity contribution in [1.29, 1.82) is 0 Å². The first kappa shape index (κ1) is 24.0. The van der Waals surface area contributed by atoms with E-state index in [1.807, 2.05) is 43.0 Å². The van der Waals surface area contributed by atoms with Crippen molar-refractivity contribution < 1.29 is 22.7 Å². The number of pyridine rings is 1. The van der Waals surface area contributed by atoms with Crippen molar-refractivity contribution in [1.82, 2.24) is 14.9 Å². The fourth-order valence-electron chi connectivity index (χ4n) is 3.73. The monoisotopic (exact) mass is 490 g/mol. The Kier molecular flexibility index (Phi) is 7.06. The molecule has 6 nitrogen and oxygen atoms in total. The SMILES string of the molecule is Cc1ccc(OCc2nc(C)c(C(=O)N3CCCN(c4ccc(C(F)(F)F)cn4)CC3)s2)cc1. The Hall–Kier alpha value is -3.14. The van der Waals surface area contributed by atoms with Crippen LogP contribution < -0.4 is 9.64 Å². The summed E-state index contributed by atoms with van der Waals surface area (Å²) in [6.45, 7) is 6.22. The first-order valence-electron chi connectivity index (χ1n) is 10.9. The third kappa shape index (κ3) is 5.67. The van der Waals surface area contributed by atoms with Gasteiger partial charge in [-0.05, 0) is 44.5 Å². The number of aryl methyl sites for hydroxylation is 2. The first-order valence-corrected chi connectivity index (χ1v) is 11.8. The van der Waals surface area contributed by atoms with E-state index < -0.39 is 11.7 Å². The molecule has 1 amide bonds. The van der Waals surface area contributed by atoms with E-state index >= 15 is 0 Å². The number of aromatic nitrogens is 2. The number of thiazole rings is 1. The van der Waals surface area contributed by atoms with Crippen molar-refractivity contribution in [2.45, 2.75) is 33.1 Å². The molecule has 10 heteroatoms. The van der Waals surface area contributed by atoms with Gasteiger partial charge in [-0.15, -0.1) is 11.3 Å². The van der Waals surface area contributed by atoms with Crippen LogP contribution in [-0.4, -0.2) is 47.0 Å². The number of carbonyl (C=O) groups is 1. The van der Waals surface area contributed by atoms with Crippen molar-refractivity contribution in [3.63, 3.8) is 0 Å². The van der Waals surface area contributed by atoms with E-state index in [1.54, 1.807) is 4.90 Å². The van der Waals surface area contributed by atoms with Crippen LogP contribution in [0.1, 0.15) is 37.9 Å². The summed E-state index contributed by atoms with van der Waals surface area (Å²) in [4.78, 5) is 26.0. The molecular formula is C24H25F3N4O2S. The van der Waals surface area contributed by atoms with Crippen LogP contribution in [0.2, 0.25) is 0 Å². The van der Waals surface area contributed by atoms with Crippen LogP contribution in [0.25, 0.3) is 0 Å². The van der Waals surface area contributed by atoms with Crippen LogP contribution in [0.4, 0.5) is 19.0 Å². The van der Waals surface area contributed by atoms with Crippen LogP contribution in [0.3, 0.4) is 0 Å². The summed E-state index contributed by atoms with van der Waals surface area (Å²) >= 11 is 1.33. The Morgan fingerprint density at radius 2 is 1.82 bits per heavy atom. The maximum Gasteiger partial charge on any atom is 0.417 e. The van der Waals surface area contributed by atoms with Gasteiger partial charge in [0.1, 0.15) is 28.1 Å². The second kappa shape index (κ2) is 10.0. The van der Waals surface area contributed by atoms with Gasteiger partial charge < -0.3 is 14.5 Å². The minimum Gasteiger partial charge on any atom is -0.486 e. The maximum absolute atomic E-state index is 13.2. The zero-order chi connectivity index (χ0) is 24.3. The number of amides is 1. The van der Waals surface area contributed by atoms with Gasteiger partial charge in [-0.3, -0.25) is 4.79 Å². The molecule has 0 atom stereocenters. The predicted octanol–water partition coefficient (Wildman–Crippen LogP) is 5.11. The van der Waals surface area contributed by atoms with Crippen molar-refractivity contribution in [2.75, 3.05) is 31.1 Å². The van der Waals surface area contributed by atoms with E-state index in [-0.39, 0.29) is 12.5 Å². The molecule has 1 saturated heterocycles. The number of rotatable bonds is 5. The zero-order valence-electron chi connectivity index (χ0n) is 18.9. The average Bonchev–Trinajstić information content (AvgIpc) is 3.02. The summed E-state index contributed by atoms with van der Waals surface area (Å²) in [5.74, 6) is 1.14. The third-order valence-corrected chi connectivity index (χ3v) is 6.72. The van der Waals surface area contributed by atoms with Crippen LogP contribution in [0.5, 0.6) is 5.75 Å². The van der Waals surface area contributed by atoms with Gasteiger partial charge in [0, 0.05) is 32.4 Å². The molecule has 0 saturated carbocycles. The molecule has 2 aromatic heterocycles. The van der Waals surface area contributed by atoms with Gasteiger partial charge in [-0.25, -0.2) is 9.97 Å². The summed E-state index contributed by atoms with van der Waals surface area (Å²) in [5, 5.41) is 0.729. The molecule has 3 aromatic rings. The maximum atomic E-state index is 13.2. The standard InChI is InChI=1S/C24H25F3N4O2S/c1-16-4-7-19(8-5-16)33-15-21-29-17(2)22(34-21)23(32)31-11-3-10-30(12-13-31)20-9-6-18(14-28-20)24(25,26)27/h4-9,14H,3,10-13,15H2,1-2H3. The number of benzene rings is 1. The molecular weight excluding hydrogens is 465 g/mol. The number of alkyl halides is 3. The molecule has 1 aromatic carbocycles. The summed E-state index contributed by atoms with van der Waals surface area (Å²) in [7, 11) is 0. The average molecular weight is 491 g/mol. The lowest BCUT2D eigenvalue weighted by atomic mass is 10.2. The largest absolute Gasteiger partial charge is 0.486 e. The lowest BCUT2D eigenvalue weighted by Gasteiger charge is -2.23. The van der Waals surface area contributed by atoms with E-state index in [4.69, 9.17) is 4.74 Å². The lowest BCUT2D eigenvalue weighted by molar-refractivity contribution is -0.137. The number of ether oxygens (including phenoxy) is 1. The molecule has 0 N–H and O–H groups in total. The van der Waals surface area contributed by atoms with Crippen molar-refractivity contribution in [2.24, 2.45) is 0 Å². The number of hydrogen-bond acceptors (Lipinski definition) is 6. The second-order valence-corrected chi connectivity index (χ2v) is 9.24. The molecule has 0 unspecified atom stereocenters. The van der Waals surface area contributed by atoms with Gasteiger partial charge in [0.25, 0.3) is 5.91 Å². The van der Waals surface area contributed by atoms with Crippen molar-refractivity contribution in [3.8, 4) is 5.75 Å². The Balaban J connectivity index is 1.37. The Labute approximate surface area is 200 Å². The second-order valence-electron chi connectivity index (χ2n) is 8.16. The minimum atomic E-state index is -4.41. The Morgan fingerprint density at radius 3 is 2.50 bits per heavy atom. The first-order chi connectivity index (χ1) is 16.2. The smallest absolute Gasteiger partial charge is 0.417 e. The van der Waals surface area contributed by atoms with E-state index in [1.165, 1.54) is 17.4 Å². The Bertz CT molecular complexity index is 1130. The molecule has 1 aliphatic rings. The van der Waals surface area contributed by atoms with E-state index in [0.717, 1.165) is 28.6 Å². The third-order valence-electron chi connectivity index (χ3n) is 5.60. The highest BCUT2D eigenvalue weighted by atomic mass is 32.1. The molecule has 3 heterocycles. The van der Waals surface area contributed by atoms with Gasteiger partial charge in [-0.1, -0.05) is 17.7 Å². The molecule has 0 radical (unpaired) electrons. The van der Waals surface area contributed by atoms with Gasteiger partial charge in [0.05, 0.1) is 11.3 Å². The van der Waals surface area contributed by atoms with E-state index in [0.29, 0.717) is 49.0 Å². The summed E-state index contributed by atoms with van der Waals surface area (Å²) in [6, 6.07) is 10.2. The number of anilines is 1. The molecule has 1 aliphatic heterocycles. The van der Waals surface area contributed by atoms with Gasteiger partial charge in [-0.2, -0.15) is 13.2 Å². The highest BCUT2D eigenvalue weighted by Gasteiger charge is 2.31. The predicted molar refractivity (Wildman–Crippen MR) is 124 cm³/mol. The lowest BCUT2D eigenvalue weighted by Crippen LogP contribution is -2.35. The number of halogens is 3. The highest BCUT2D eigenvalue weighted by molar-refractivity contribution is 7.13. The molecule has 34 heavy (non-hydrogen) atoms. The molecule has 0 bridgehead atoms. The molecule has 180 valence electrons. The highest BCUT2D eigenvalue weighted by Crippen LogP contribution is 2.29. The molecule has 0 spiro atoms. The fraction of sp³-hybridized carbons (Fsp3) is 0.375. The van der Waals surface area contributed by atoms with Crippen LogP contribution in [0, 0.1) is 13.8 Å². The van der Waals surface area contributed by atoms with E-state index in [2.05, 4.69) is 9.97 Å². The molecule has 0 aliphatic carbocycles. The van der Waals surface area contributed by atoms with Crippen molar-refractivity contribution in [3.05, 3.63) is 69.3 Å². The summed E-state index contributed by atoms with van der Waals surface area (Å²) < 4.78 is 44.2. The summed E-state index contributed by atoms with van der Waals surface area (Å²) in [6.07, 6.45) is -2.87. The van der Waals surface area contributed by atoms with Crippen LogP contribution >= 0.6 is 11.3 Å².